The molecule has 1 N–H and O–H groups in total. The Morgan fingerprint density at radius 1 is 0.893 bits per heavy atom. The molecule has 0 heterocycles. The summed E-state index contributed by atoms with van der Waals surface area (Å²) in [6.07, 6.45) is 8.91. The average molecular weight is 367 g/mol. The molecule has 1 aliphatic rings. The van der Waals surface area contributed by atoms with Crippen molar-refractivity contribution in [3.63, 3.8) is 0 Å². The lowest BCUT2D eigenvalue weighted by Gasteiger charge is -2.19. The summed E-state index contributed by atoms with van der Waals surface area (Å²) in [5.74, 6) is 0.275. The molecule has 0 bridgehead atoms. The molecular weight excluding hydrogens is 340 g/mol. The van der Waals surface area contributed by atoms with Crippen LogP contribution < -0.4 is 5.43 Å². The van der Waals surface area contributed by atoms with Crippen molar-refractivity contribution in [2.45, 2.75) is 26.7 Å². The number of allylic oxidation sites excluding steroid dienone is 4. The van der Waals surface area contributed by atoms with Crippen molar-refractivity contribution in [2.75, 3.05) is 5.43 Å². The standard InChI is InChI=1S/C26H26N2/c1-26(2,3)21-15-13-20(17-21)24-16-14-19-9-7-8-12-23(19)25(24)18-27-28-22-10-5-4-6-11-22/h4-18,20,28H,1-3H3. The smallest absolute Gasteiger partial charge is 0.0561 e. The lowest BCUT2D eigenvalue weighted by molar-refractivity contribution is 0.517. The highest BCUT2D eigenvalue weighted by Crippen LogP contribution is 2.38. The van der Waals surface area contributed by atoms with E-state index in [4.69, 9.17) is 0 Å². The van der Waals surface area contributed by atoms with Gasteiger partial charge in [-0.2, -0.15) is 5.10 Å². The molecule has 0 spiro atoms. The van der Waals surface area contributed by atoms with Crippen molar-refractivity contribution in [1.29, 1.82) is 0 Å². The predicted octanol–water partition coefficient (Wildman–Crippen LogP) is 6.91. The molecule has 0 aliphatic heterocycles. The van der Waals surface area contributed by atoms with Crippen LogP contribution in [0.2, 0.25) is 0 Å². The van der Waals surface area contributed by atoms with Crippen molar-refractivity contribution >= 4 is 22.7 Å². The lowest BCUT2D eigenvalue weighted by atomic mass is 9.86. The minimum absolute atomic E-state index is 0.158. The number of nitrogens with zero attached hydrogens (tertiary/aromatic N) is 1. The number of rotatable bonds is 4. The Hall–Kier alpha value is -3.13. The van der Waals surface area contributed by atoms with Crippen LogP contribution in [0.25, 0.3) is 10.8 Å². The highest BCUT2D eigenvalue weighted by Gasteiger charge is 2.22. The fourth-order valence-corrected chi connectivity index (χ4v) is 3.64. The zero-order valence-electron chi connectivity index (χ0n) is 16.7. The van der Waals surface area contributed by atoms with Gasteiger partial charge >= 0.3 is 0 Å². The second-order valence-electron chi connectivity index (χ2n) is 8.28. The van der Waals surface area contributed by atoms with Crippen LogP contribution in [0.5, 0.6) is 0 Å². The van der Waals surface area contributed by atoms with Crippen LogP contribution >= 0.6 is 0 Å². The SMILES string of the molecule is CC(C)(C)C1=CC(c2ccc3ccccc3c2C=NNc2ccccc2)C=C1. The van der Waals surface area contributed by atoms with E-state index in [0.29, 0.717) is 0 Å². The van der Waals surface area contributed by atoms with Gasteiger partial charge in [-0.15, -0.1) is 0 Å². The molecule has 2 nitrogen and oxygen atoms in total. The lowest BCUT2D eigenvalue weighted by Crippen LogP contribution is -2.06. The van der Waals surface area contributed by atoms with Crippen LogP contribution in [-0.4, -0.2) is 6.21 Å². The van der Waals surface area contributed by atoms with Crippen molar-refractivity contribution in [1.82, 2.24) is 0 Å². The van der Waals surface area contributed by atoms with E-state index >= 15 is 0 Å². The Labute approximate surface area is 167 Å². The van der Waals surface area contributed by atoms with Crippen molar-refractivity contribution in [3.05, 3.63) is 102 Å². The molecule has 4 rings (SSSR count). The van der Waals surface area contributed by atoms with Crippen LogP contribution in [-0.2, 0) is 0 Å². The Kier molecular flexibility index (Phi) is 4.87. The van der Waals surface area contributed by atoms with Crippen LogP contribution in [0.3, 0.4) is 0 Å². The first-order valence-corrected chi connectivity index (χ1v) is 9.79. The van der Waals surface area contributed by atoms with Gasteiger partial charge in [0.25, 0.3) is 0 Å². The number of anilines is 1. The average Bonchev–Trinajstić information content (AvgIpc) is 3.19. The van der Waals surface area contributed by atoms with Crippen LogP contribution in [0.4, 0.5) is 5.69 Å². The van der Waals surface area contributed by atoms with E-state index in [-0.39, 0.29) is 11.3 Å². The van der Waals surface area contributed by atoms with E-state index in [1.54, 1.807) is 0 Å². The van der Waals surface area contributed by atoms with Crippen LogP contribution in [0.15, 0.2) is 95.6 Å². The molecule has 28 heavy (non-hydrogen) atoms. The summed E-state index contributed by atoms with van der Waals surface area (Å²) in [4.78, 5) is 0. The molecule has 0 radical (unpaired) electrons. The minimum Gasteiger partial charge on any atom is -0.279 e. The maximum Gasteiger partial charge on any atom is 0.0561 e. The minimum atomic E-state index is 0.158. The number of nitrogens with one attached hydrogen (secondary N) is 1. The third-order valence-corrected chi connectivity index (χ3v) is 5.23. The molecule has 0 fully saturated rings. The zero-order chi connectivity index (χ0) is 19.6. The molecule has 3 aromatic carbocycles. The Balaban J connectivity index is 1.74. The maximum absolute atomic E-state index is 4.54. The van der Waals surface area contributed by atoms with Gasteiger partial charge in [-0.3, -0.25) is 5.43 Å². The second kappa shape index (κ2) is 7.47. The van der Waals surface area contributed by atoms with Crippen molar-refractivity contribution < 1.29 is 0 Å². The van der Waals surface area contributed by atoms with E-state index in [1.807, 2.05) is 36.5 Å². The Bertz CT molecular complexity index is 1070. The number of hydrogen-bond acceptors (Lipinski definition) is 2. The van der Waals surface area contributed by atoms with Gasteiger partial charge in [-0.05, 0) is 39.5 Å². The van der Waals surface area contributed by atoms with Gasteiger partial charge < -0.3 is 0 Å². The molecule has 1 unspecified atom stereocenters. The third kappa shape index (κ3) is 3.77. The molecule has 0 saturated carbocycles. The van der Waals surface area contributed by atoms with Gasteiger partial charge in [0.15, 0.2) is 0 Å². The molecule has 0 saturated heterocycles. The Morgan fingerprint density at radius 3 is 2.39 bits per heavy atom. The highest BCUT2D eigenvalue weighted by atomic mass is 15.3. The number of hydrazone groups is 1. The number of para-hydroxylation sites is 1. The van der Waals surface area contributed by atoms with Gasteiger partial charge in [-0.1, -0.05) is 93.6 Å². The van der Waals surface area contributed by atoms with E-state index in [9.17, 15) is 0 Å². The number of hydrogen-bond donors (Lipinski definition) is 1. The zero-order valence-corrected chi connectivity index (χ0v) is 16.7. The van der Waals surface area contributed by atoms with Gasteiger partial charge in [0.1, 0.15) is 0 Å². The fourth-order valence-electron chi connectivity index (χ4n) is 3.64. The Morgan fingerprint density at radius 2 is 1.64 bits per heavy atom. The first-order valence-electron chi connectivity index (χ1n) is 9.79. The second-order valence-corrected chi connectivity index (χ2v) is 8.28. The van der Waals surface area contributed by atoms with Gasteiger partial charge in [0.05, 0.1) is 11.9 Å². The summed E-state index contributed by atoms with van der Waals surface area (Å²) in [7, 11) is 0. The predicted molar refractivity (Wildman–Crippen MR) is 121 cm³/mol. The van der Waals surface area contributed by atoms with E-state index in [0.717, 1.165) is 5.69 Å². The molecule has 1 aliphatic carbocycles. The molecule has 140 valence electrons. The number of benzene rings is 3. The first kappa shape index (κ1) is 18.2. The third-order valence-electron chi connectivity index (χ3n) is 5.23. The van der Waals surface area contributed by atoms with Crippen LogP contribution in [0, 0.1) is 5.41 Å². The molecule has 0 aromatic heterocycles. The van der Waals surface area contributed by atoms with Gasteiger partial charge in [-0.25, -0.2) is 0 Å². The maximum atomic E-state index is 4.54. The molecule has 2 heteroatoms. The van der Waals surface area contributed by atoms with E-state index in [2.05, 4.69) is 85.9 Å². The summed E-state index contributed by atoms with van der Waals surface area (Å²) in [6.45, 7) is 6.79. The summed E-state index contributed by atoms with van der Waals surface area (Å²) in [5, 5.41) is 7.00. The monoisotopic (exact) mass is 366 g/mol. The number of fused-ring (bicyclic) bond motifs is 1. The normalized spacial score (nSPS) is 16.7. The highest BCUT2D eigenvalue weighted by molar-refractivity contribution is 6.01. The van der Waals surface area contributed by atoms with E-state index < -0.39 is 0 Å². The quantitative estimate of drug-likeness (QED) is 0.394. The van der Waals surface area contributed by atoms with Gasteiger partial charge in [0.2, 0.25) is 0 Å². The van der Waals surface area contributed by atoms with Crippen molar-refractivity contribution in [2.24, 2.45) is 10.5 Å². The molecule has 0 amide bonds. The summed E-state index contributed by atoms with van der Waals surface area (Å²) in [5.41, 5.74) is 8.12. The topological polar surface area (TPSA) is 24.4 Å². The largest absolute Gasteiger partial charge is 0.279 e. The summed E-state index contributed by atoms with van der Waals surface area (Å²) < 4.78 is 0. The van der Waals surface area contributed by atoms with Gasteiger partial charge in [0, 0.05) is 11.5 Å². The van der Waals surface area contributed by atoms with Crippen LogP contribution in [0.1, 0.15) is 37.8 Å². The fraction of sp³-hybridized carbons (Fsp3) is 0.192. The first-order chi connectivity index (χ1) is 13.5. The van der Waals surface area contributed by atoms with E-state index in [1.165, 1.54) is 27.5 Å². The molecular formula is C26H26N2. The molecule has 1 atom stereocenters. The summed E-state index contributed by atoms with van der Waals surface area (Å²) >= 11 is 0. The molecule has 3 aromatic rings. The summed E-state index contributed by atoms with van der Waals surface area (Å²) in [6, 6.07) is 23.0. The van der Waals surface area contributed by atoms with Crippen molar-refractivity contribution in [3.8, 4) is 0 Å².